The fourth-order valence-electron chi connectivity index (χ4n) is 1.72. The molecule has 1 rings (SSSR count). The largest absolute Gasteiger partial charge is 0.456 e. The van der Waals surface area contributed by atoms with Crippen LogP contribution in [0.2, 0.25) is 0 Å². The van der Waals surface area contributed by atoms with E-state index >= 15 is 0 Å². The molecule has 0 bridgehead atoms. The van der Waals surface area contributed by atoms with E-state index in [1.807, 2.05) is 0 Å². The molecule has 0 aromatic heterocycles. The molecule has 0 aromatic carbocycles. The van der Waals surface area contributed by atoms with Crippen LogP contribution in [0, 0.1) is 0 Å². The summed E-state index contributed by atoms with van der Waals surface area (Å²) in [5.74, 6) is -0.706. The van der Waals surface area contributed by atoms with E-state index in [1.54, 1.807) is 6.92 Å². The second kappa shape index (κ2) is 5.50. The third kappa shape index (κ3) is 3.09. The highest BCUT2D eigenvalue weighted by atomic mass is 35.5. The van der Waals surface area contributed by atoms with Crippen LogP contribution in [0.1, 0.15) is 20.8 Å². The second-order valence-corrected chi connectivity index (χ2v) is 3.99. The van der Waals surface area contributed by atoms with Gasteiger partial charge < -0.3 is 14.2 Å². The van der Waals surface area contributed by atoms with Gasteiger partial charge in [0, 0.05) is 13.8 Å². The highest BCUT2D eigenvalue weighted by molar-refractivity contribution is 6.18. The minimum Gasteiger partial charge on any atom is -0.456 e. The van der Waals surface area contributed by atoms with Crippen molar-refractivity contribution in [2.75, 3.05) is 5.88 Å². The zero-order valence-electron chi connectivity index (χ0n) is 9.44. The molecule has 0 aromatic rings. The molecule has 0 amide bonds. The number of halogens is 1. The van der Waals surface area contributed by atoms with Crippen LogP contribution in [0.4, 0.5) is 0 Å². The molecule has 0 saturated carbocycles. The maximum Gasteiger partial charge on any atom is 0.303 e. The summed E-state index contributed by atoms with van der Waals surface area (Å²) in [6, 6.07) is 0. The minimum absolute atomic E-state index is 0.181. The standard InChI is InChI=1S/C10H15ClO5/c1-5-9(15-6(2)12)10(16-7(3)13)8(4-11)14-5/h5,8-10H,4H2,1-3H3/t5?,8?,9-,10+/m0/s1. The summed E-state index contributed by atoms with van der Waals surface area (Å²) in [6.45, 7) is 4.33. The van der Waals surface area contributed by atoms with Gasteiger partial charge in [-0.1, -0.05) is 0 Å². The predicted octanol–water partition coefficient (Wildman–Crippen LogP) is 0.876. The van der Waals surface area contributed by atoms with Gasteiger partial charge in [-0.15, -0.1) is 11.6 Å². The fraction of sp³-hybridized carbons (Fsp3) is 0.800. The third-order valence-corrected chi connectivity index (χ3v) is 2.60. The van der Waals surface area contributed by atoms with Crippen LogP contribution in [0.15, 0.2) is 0 Å². The summed E-state index contributed by atoms with van der Waals surface area (Å²) in [7, 11) is 0. The van der Waals surface area contributed by atoms with Gasteiger partial charge in [0.25, 0.3) is 0 Å². The first-order chi connectivity index (χ1) is 7.45. The van der Waals surface area contributed by atoms with Gasteiger partial charge >= 0.3 is 11.9 Å². The quantitative estimate of drug-likeness (QED) is 0.550. The van der Waals surface area contributed by atoms with Crippen LogP contribution in [0.5, 0.6) is 0 Å². The molecular formula is C10H15ClO5. The fourth-order valence-corrected chi connectivity index (χ4v) is 1.97. The van der Waals surface area contributed by atoms with Gasteiger partial charge in [-0.25, -0.2) is 0 Å². The van der Waals surface area contributed by atoms with Crippen molar-refractivity contribution >= 4 is 23.5 Å². The van der Waals surface area contributed by atoms with Gasteiger partial charge in [0.15, 0.2) is 12.2 Å². The average Bonchev–Trinajstić information content (AvgIpc) is 2.44. The number of carbonyl (C=O) groups is 2. The molecule has 1 heterocycles. The Morgan fingerprint density at radius 3 is 2.12 bits per heavy atom. The third-order valence-electron chi connectivity index (χ3n) is 2.30. The molecule has 92 valence electrons. The van der Waals surface area contributed by atoms with E-state index in [-0.39, 0.29) is 12.0 Å². The van der Waals surface area contributed by atoms with Crippen LogP contribution in [0.25, 0.3) is 0 Å². The number of carbonyl (C=O) groups excluding carboxylic acids is 2. The van der Waals surface area contributed by atoms with E-state index in [4.69, 9.17) is 25.8 Å². The normalized spacial score (nSPS) is 33.5. The predicted molar refractivity (Wildman–Crippen MR) is 56.2 cm³/mol. The van der Waals surface area contributed by atoms with Crippen molar-refractivity contribution in [3.63, 3.8) is 0 Å². The monoisotopic (exact) mass is 250 g/mol. The van der Waals surface area contributed by atoms with E-state index in [0.29, 0.717) is 0 Å². The van der Waals surface area contributed by atoms with E-state index < -0.39 is 30.3 Å². The molecule has 16 heavy (non-hydrogen) atoms. The SMILES string of the molecule is CC(=O)O[C@@H]1C(CCl)OC(C)[C@@H]1OC(C)=O. The van der Waals surface area contributed by atoms with Crippen molar-refractivity contribution in [1.29, 1.82) is 0 Å². The molecule has 0 spiro atoms. The van der Waals surface area contributed by atoms with Gasteiger partial charge in [-0.2, -0.15) is 0 Å². The molecular weight excluding hydrogens is 236 g/mol. The Morgan fingerprint density at radius 1 is 1.19 bits per heavy atom. The summed E-state index contributed by atoms with van der Waals surface area (Å²) >= 11 is 5.70. The zero-order valence-corrected chi connectivity index (χ0v) is 10.2. The first kappa shape index (κ1) is 13.3. The lowest BCUT2D eigenvalue weighted by Gasteiger charge is -2.21. The lowest BCUT2D eigenvalue weighted by molar-refractivity contribution is -0.163. The molecule has 5 nitrogen and oxygen atoms in total. The molecule has 1 saturated heterocycles. The molecule has 4 atom stereocenters. The summed E-state index contributed by atoms with van der Waals surface area (Å²) in [6.07, 6.45) is -2.00. The minimum atomic E-state index is -0.631. The first-order valence-corrected chi connectivity index (χ1v) is 5.55. The van der Waals surface area contributed by atoms with E-state index in [1.165, 1.54) is 13.8 Å². The van der Waals surface area contributed by atoms with Gasteiger partial charge in [0.05, 0.1) is 12.0 Å². The van der Waals surface area contributed by atoms with Crippen molar-refractivity contribution in [1.82, 2.24) is 0 Å². The number of ether oxygens (including phenoxy) is 3. The Labute approximate surface area is 99.0 Å². The summed E-state index contributed by atoms with van der Waals surface area (Å²) in [4.78, 5) is 21.9. The van der Waals surface area contributed by atoms with Gasteiger partial charge in [0.2, 0.25) is 0 Å². The first-order valence-electron chi connectivity index (χ1n) is 5.01. The van der Waals surface area contributed by atoms with Crippen molar-refractivity contribution < 1.29 is 23.8 Å². The van der Waals surface area contributed by atoms with Crippen molar-refractivity contribution in [3.8, 4) is 0 Å². The number of rotatable bonds is 3. The molecule has 2 unspecified atom stereocenters. The van der Waals surface area contributed by atoms with Gasteiger partial charge in [-0.05, 0) is 6.92 Å². The Kier molecular flexibility index (Phi) is 4.56. The van der Waals surface area contributed by atoms with Crippen LogP contribution in [-0.2, 0) is 23.8 Å². The zero-order chi connectivity index (χ0) is 12.3. The summed E-state index contributed by atoms with van der Waals surface area (Å²) < 4.78 is 15.6. The molecule has 6 heteroatoms. The maximum absolute atomic E-state index is 10.9. The highest BCUT2D eigenvalue weighted by Crippen LogP contribution is 2.27. The Hall–Kier alpha value is -0.810. The Balaban J connectivity index is 2.76. The van der Waals surface area contributed by atoms with Gasteiger partial charge in [-0.3, -0.25) is 9.59 Å². The van der Waals surface area contributed by atoms with E-state index in [0.717, 1.165) is 0 Å². The highest BCUT2D eigenvalue weighted by Gasteiger charge is 2.46. The number of hydrogen-bond acceptors (Lipinski definition) is 5. The average molecular weight is 251 g/mol. The van der Waals surface area contributed by atoms with E-state index in [9.17, 15) is 9.59 Å². The van der Waals surface area contributed by atoms with Crippen molar-refractivity contribution in [2.24, 2.45) is 0 Å². The van der Waals surface area contributed by atoms with Crippen LogP contribution in [-0.4, -0.2) is 42.2 Å². The number of esters is 2. The lowest BCUT2D eigenvalue weighted by atomic mass is 10.1. The molecule has 1 aliphatic heterocycles. The lowest BCUT2D eigenvalue weighted by Crippen LogP contribution is -2.39. The van der Waals surface area contributed by atoms with Crippen molar-refractivity contribution in [2.45, 2.75) is 45.2 Å². The summed E-state index contributed by atoms with van der Waals surface area (Å²) in [5, 5.41) is 0. The number of alkyl halides is 1. The molecule has 0 radical (unpaired) electrons. The van der Waals surface area contributed by atoms with Crippen LogP contribution < -0.4 is 0 Å². The van der Waals surface area contributed by atoms with Gasteiger partial charge in [0.1, 0.15) is 6.10 Å². The molecule has 0 aliphatic carbocycles. The topological polar surface area (TPSA) is 61.8 Å². The van der Waals surface area contributed by atoms with Crippen molar-refractivity contribution in [3.05, 3.63) is 0 Å². The molecule has 1 aliphatic rings. The Bertz CT molecular complexity index is 280. The molecule has 0 N–H and O–H groups in total. The second-order valence-electron chi connectivity index (χ2n) is 3.68. The summed E-state index contributed by atoms with van der Waals surface area (Å²) in [5.41, 5.74) is 0. The Morgan fingerprint density at radius 2 is 1.69 bits per heavy atom. The number of hydrogen-bond donors (Lipinski definition) is 0. The smallest absolute Gasteiger partial charge is 0.303 e. The van der Waals surface area contributed by atoms with E-state index in [2.05, 4.69) is 0 Å². The van der Waals surface area contributed by atoms with Crippen LogP contribution in [0.3, 0.4) is 0 Å². The molecule has 1 fully saturated rings. The van der Waals surface area contributed by atoms with Crippen LogP contribution >= 0.6 is 11.6 Å². The maximum atomic E-state index is 10.9.